The van der Waals surface area contributed by atoms with Crippen LogP contribution in [0.2, 0.25) is 10.0 Å². The summed E-state index contributed by atoms with van der Waals surface area (Å²) in [6, 6.07) is 10.7. The van der Waals surface area contributed by atoms with E-state index in [0.29, 0.717) is 5.56 Å². The molecule has 3 rings (SSSR count). The summed E-state index contributed by atoms with van der Waals surface area (Å²) in [6.45, 7) is 1.73. The fraction of sp³-hybridized carbons (Fsp3) is 0.0952. The molecule has 3 aromatic rings. The molecule has 2 N–H and O–H groups in total. The molecule has 0 aliphatic carbocycles. The molecule has 1 heterocycles. The lowest BCUT2D eigenvalue weighted by molar-refractivity contribution is 0.0696. The van der Waals surface area contributed by atoms with Gasteiger partial charge in [0.05, 0.1) is 16.6 Å². The number of pyridine rings is 1. The van der Waals surface area contributed by atoms with E-state index < -0.39 is 23.7 Å². The maximum atomic E-state index is 13.6. The first-order valence-electron chi connectivity index (χ1n) is 8.66. The van der Waals surface area contributed by atoms with Crippen LogP contribution in [0.3, 0.4) is 0 Å². The number of carbonyl (C=O) groups excluding carboxylic acids is 1. The van der Waals surface area contributed by atoms with Gasteiger partial charge in [0.15, 0.2) is 0 Å². The highest BCUT2D eigenvalue weighted by Gasteiger charge is 2.19. The van der Waals surface area contributed by atoms with Crippen molar-refractivity contribution in [1.82, 2.24) is 10.3 Å². The van der Waals surface area contributed by atoms with Crippen LogP contribution in [0, 0.1) is 5.82 Å². The van der Waals surface area contributed by atoms with Crippen LogP contribution in [0.4, 0.5) is 4.39 Å². The number of carboxylic acid groups (broad SMARTS) is 1. The molecule has 2 aromatic carbocycles. The van der Waals surface area contributed by atoms with Crippen molar-refractivity contribution in [1.29, 1.82) is 0 Å². The quantitative estimate of drug-likeness (QED) is 0.518. The zero-order chi connectivity index (χ0) is 21.8. The van der Waals surface area contributed by atoms with Crippen LogP contribution in [-0.2, 0) is 0 Å². The zero-order valence-electron chi connectivity index (χ0n) is 15.5. The third-order valence-corrected chi connectivity index (χ3v) is 4.54. The van der Waals surface area contributed by atoms with Crippen molar-refractivity contribution in [3.8, 4) is 11.6 Å². The Hall–Kier alpha value is -3.16. The first-order chi connectivity index (χ1) is 14.2. The second-order valence-corrected chi connectivity index (χ2v) is 7.21. The van der Waals surface area contributed by atoms with E-state index in [2.05, 4.69) is 10.3 Å². The van der Waals surface area contributed by atoms with Crippen molar-refractivity contribution in [2.45, 2.75) is 13.0 Å². The van der Waals surface area contributed by atoms with Crippen LogP contribution >= 0.6 is 23.2 Å². The SMILES string of the molecule is C[C@H](NC(=O)c1cc(Cl)cnc1Oc1cc(F)cc(Cl)c1)c1ccc(C(=O)O)cc1. The molecule has 30 heavy (non-hydrogen) atoms. The Balaban J connectivity index is 1.82. The molecule has 1 amide bonds. The highest BCUT2D eigenvalue weighted by molar-refractivity contribution is 6.31. The van der Waals surface area contributed by atoms with E-state index in [4.69, 9.17) is 33.0 Å². The molecular weight excluding hydrogens is 434 g/mol. The Kier molecular flexibility index (Phi) is 6.54. The summed E-state index contributed by atoms with van der Waals surface area (Å²) >= 11 is 11.8. The Morgan fingerprint density at radius 1 is 1.10 bits per heavy atom. The van der Waals surface area contributed by atoms with E-state index in [9.17, 15) is 14.0 Å². The summed E-state index contributed by atoms with van der Waals surface area (Å²) in [5, 5.41) is 12.1. The number of amides is 1. The molecule has 1 aromatic heterocycles. The molecule has 0 aliphatic heterocycles. The van der Waals surface area contributed by atoms with Crippen LogP contribution in [0.1, 0.15) is 39.2 Å². The van der Waals surface area contributed by atoms with Crippen LogP contribution < -0.4 is 10.1 Å². The number of aromatic nitrogens is 1. The number of nitrogens with zero attached hydrogens (tertiary/aromatic N) is 1. The molecule has 0 saturated heterocycles. The molecule has 0 radical (unpaired) electrons. The minimum Gasteiger partial charge on any atom is -0.478 e. The number of hydrogen-bond acceptors (Lipinski definition) is 4. The Morgan fingerprint density at radius 2 is 1.80 bits per heavy atom. The molecule has 0 spiro atoms. The maximum Gasteiger partial charge on any atom is 0.335 e. The summed E-state index contributed by atoms with van der Waals surface area (Å²) in [4.78, 5) is 27.8. The van der Waals surface area contributed by atoms with Gasteiger partial charge < -0.3 is 15.2 Å². The molecule has 0 saturated carbocycles. The van der Waals surface area contributed by atoms with Gasteiger partial charge in [0.25, 0.3) is 5.91 Å². The van der Waals surface area contributed by atoms with E-state index in [0.717, 1.165) is 12.1 Å². The van der Waals surface area contributed by atoms with Gasteiger partial charge in [-0.1, -0.05) is 35.3 Å². The lowest BCUT2D eigenvalue weighted by atomic mass is 10.1. The lowest BCUT2D eigenvalue weighted by Crippen LogP contribution is -2.27. The third-order valence-electron chi connectivity index (χ3n) is 4.12. The highest BCUT2D eigenvalue weighted by atomic mass is 35.5. The minimum absolute atomic E-state index is 0.0388. The van der Waals surface area contributed by atoms with Crippen molar-refractivity contribution in [2.75, 3.05) is 0 Å². The summed E-state index contributed by atoms with van der Waals surface area (Å²) in [7, 11) is 0. The summed E-state index contributed by atoms with van der Waals surface area (Å²) in [6.07, 6.45) is 1.29. The summed E-state index contributed by atoms with van der Waals surface area (Å²) in [5.41, 5.74) is 0.875. The van der Waals surface area contributed by atoms with Gasteiger partial charge in [-0.3, -0.25) is 4.79 Å². The predicted octanol–water partition coefficient (Wildman–Crippen LogP) is 5.51. The second-order valence-electron chi connectivity index (χ2n) is 6.34. The van der Waals surface area contributed by atoms with E-state index in [1.807, 2.05) is 0 Å². The molecule has 0 bridgehead atoms. The minimum atomic E-state index is -1.04. The normalized spacial score (nSPS) is 11.6. The number of halogens is 3. The number of hydrogen-bond donors (Lipinski definition) is 2. The van der Waals surface area contributed by atoms with Crippen LogP contribution in [0.25, 0.3) is 0 Å². The van der Waals surface area contributed by atoms with Gasteiger partial charge in [-0.15, -0.1) is 0 Å². The van der Waals surface area contributed by atoms with Crippen molar-refractivity contribution in [3.63, 3.8) is 0 Å². The monoisotopic (exact) mass is 448 g/mol. The van der Waals surface area contributed by atoms with E-state index in [1.165, 1.54) is 30.5 Å². The number of ether oxygens (including phenoxy) is 1. The molecule has 6 nitrogen and oxygen atoms in total. The number of benzene rings is 2. The third kappa shape index (κ3) is 5.25. The molecule has 154 valence electrons. The van der Waals surface area contributed by atoms with Gasteiger partial charge in [0, 0.05) is 17.3 Å². The van der Waals surface area contributed by atoms with Gasteiger partial charge in [-0.05, 0) is 42.8 Å². The van der Waals surface area contributed by atoms with Gasteiger partial charge in [-0.2, -0.15) is 0 Å². The number of carbonyl (C=O) groups is 2. The van der Waals surface area contributed by atoms with Gasteiger partial charge >= 0.3 is 5.97 Å². The standard InChI is InChI=1S/C21H15Cl2FN2O4/c1-11(12-2-4-13(5-3-12)21(28)29)26-19(27)18-8-15(23)10-25-20(18)30-17-7-14(22)6-16(24)9-17/h2-11H,1H3,(H,26,27)(H,28,29)/t11-/m0/s1. The topological polar surface area (TPSA) is 88.5 Å². The Morgan fingerprint density at radius 3 is 2.43 bits per heavy atom. The van der Waals surface area contributed by atoms with Crippen molar-refractivity contribution < 1.29 is 23.8 Å². The largest absolute Gasteiger partial charge is 0.478 e. The molecule has 1 atom stereocenters. The maximum absolute atomic E-state index is 13.6. The molecule has 9 heteroatoms. The number of nitrogens with one attached hydrogen (secondary N) is 1. The Bertz CT molecular complexity index is 1090. The fourth-order valence-corrected chi connectivity index (χ4v) is 3.01. The lowest BCUT2D eigenvalue weighted by Gasteiger charge is -2.16. The van der Waals surface area contributed by atoms with Crippen LogP contribution in [0.15, 0.2) is 54.7 Å². The summed E-state index contributed by atoms with van der Waals surface area (Å²) < 4.78 is 19.1. The Labute approximate surface area is 181 Å². The number of rotatable bonds is 6. The van der Waals surface area contributed by atoms with E-state index in [-0.39, 0.29) is 32.8 Å². The number of carboxylic acids is 1. The smallest absolute Gasteiger partial charge is 0.335 e. The fourth-order valence-electron chi connectivity index (χ4n) is 2.64. The van der Waals surface area contributed by atoms with Gasteiger partial charge in [-0.25, -0.2) is 14.2 Å². The van der Waals surface area contributed by atoms with E-state index >= 15 is 0 Å². The van der Waals surface area contributed by atoms with Gasteiger partial charge in [0.1, 0.15) is 17.1 Å². The van der Waals surface area contributed by atoms with Crippen molar-refractivity contribution in [3.05, 3.63) is 87.3 Å². The van der Waals surface area contributed by atoms with Crippen LogP contribution in [-0.4, -0.2) is 22.0 Å². The molecule has 0 aliphatic rings. The van der Waals surface area contributed by atoms with E-state index in [1.54, 1.807) is 19.1 Å². The van der Waals surface area contributed by atoms with Crippen LogP contribution in [0.5, 0.6) is 11.6 Å². The first kappa shape index (κ1) is 21.5. The molecule has 0 unspecified atom stereocenters. The first-order valence-corrected chi connectivity index (χ1v) is 9.42. The molecule has 0 fully saturated rings. The van der Waals surface area contributed by atoms with Crippen molar-refractivity contribution >= 4 is 35.1 Å². The zero-order valence-corrected chi connectivity index (χ0v) is 17.0. The van der Waals surface area contributed by atoms with Gasteiger partial charge in [0.2, 0.25) is 5.88 Å². The summed E-state index contributed by atoms with van der Waals surface area (Å²) in [5.74, 6) is -2.18. The molecular formula is C21H15Cl2FN2O4. The second kappa shape index (κ2) is 9.11. The average molecular weight is 449 g/mol. The van der Waals surface area contributed by atoms with Crippen molar-refractivity contribution in [2.24, 2.45) is 0 Å². The predicted molar refractivity (Wildman–Crippen MR) is 110 cm³/mol. The highest BCUT2D eigenvalue weighted by Crippen LogP contribution is 2.28. The number of aromatic carboxylic acids is 1. The average Bonchev–Trinajstić information content (AvgIpc) is 2.68.